The monoisotopic (exact) mass is 443 g/mol. The van der Waals surface area contributed by atoms with Crippen molar-refractivity contribution < 1.29 is 9.90 Å². The second kappa shape index (κ2) is 8.20. The van der Waals surface area contributed by atoms with Gasteiger partial charge in [0.05, 0.1) is 18.3 Å². The predicted octanol–water partition coefficient (Wildman–Crippen LogP) is 3.29. The van der Waals surface area contributed by atoms with Crippen LogP contribution in [0.15, 0.2) is 65.8 Å². The first kappa shape index (κ1) is 20.9. The smallest absolute Gasteiger partial charge is 0.275 e. The highest BCUT2D eigenvalue weighted by Gasteiger charge is 2.38. The molecule has 4 aromatic rings. The average molecular weight is 444 g/mol. The quantitative estimate of drug-likeness (QED) is 0.493. The number of hydrogen-bond donors (Lipinski definition) is 2. The van der Waals surface area contributed by atoms with E-state index in [0.717, 1.165) is 47.8 Å². The number of aromatic nitrogens is 4. The molecule has 33 heavy (non-hydrogen) atoms. The van der Waals surface area contributed by atoms with Gasteiger partial charge in [-0.3, -0.25) is 14.3 Å². The summed E-state index contributed by atoms with van der Waals surface area (Å²) in [5, 5.41) is 18.0. The van der Waals surface area contributed by atoms with Crippen LogP contribution in [-0.2, 0) is 12.1 Å². The zero-order valence-corrected chi connectivity index (χ0v) is 18.4. The Bertz CT molecular complexity index is 1380. The molecule has 1 saturated carbocycles. The van der Waals surface area contributed by atoms with E-state index < -0.39 is 17.1 Å². The zero-order valence-electron chi connectivity index (χ0n) is 18.4. The topological polar surface area (TPSA) is 102 Å². The molecule has 0 atom stereocenters. The number of hydrogen-bond acceptors (Lipinski definition) is 5. The average Bonchev–Trinajstić information content (AvgIpc) is 3.47. The van der Waals surface area contributed by atoms with Gasteiger partial charge < -0.3 is 15.0 Å². The molecule has 1 aliphatic carbocycles. The Kier molecular flexibility index (Phi) is 5.20. The van der Waals surface area contributed by atoms with Crippen molar-refractivity contribution in [3.63, 3.8) is 0 Å². The molecular formula is C25H25N5O3. The lowest BCUT2D eigenvalue weighted by Crippen LogP contribution is -2.37. The van der Waals surface area contributed by atoms with Crippen LogP contribution in [0.3, 0.4) is 0 Å². The van der Waals surface area contributed by atoms with Crippen molar-refractivity contribution in [1.82, 2.24) is 24.6 Å². The maximum Gasteiger partial charge on any atom is 0.275 e. The molecule has 0 aliphatic heterocycles. The third kappa shape index (κ3) is 3.57. The summed E-state index contributed by atoms with van der Waals surface area (Å²) in [6, 6.07) is 14.2. The van der Waals surface area contributed by atoms with Crippen molar-refractivity contribution >= 4 is 16.9 Å². The van der Waals surface area contributed by atoms with Crippen molar-refractivity contribution in [2.45, 2.75) is 37.8 Å². The van der Waals surface area contributed by atoms with Gasteiger partial charge in [-0.25, -0.2) is 4.98 Å². The minimum absolute atomic E-state index is 0.314. The molecule has 0 saturated heterocycles. The molecule has 0 unspecified atom stereocenters. The normalized spacial score (nSPS) is 15.1. The van der Waals surface area contributed by atoms with Crippen LogP contribution in [0.25, 0.3) is 22.2 Å². The Labute approximate surface area is 190 Å². The standard InChI is InChI=1S/C25H25N5O3/c1-26-24(33)21-22(32)20(31)15-29(28-21)16-25(11-5-6-12-25)30-14-19(17-8-3-2-4-9-17)18-10-7-13-27-23(18)30/h2-4,7-10,13-15,31H,5-6,11-12,16H2,1H3,(H,26,33). The molecular weight excluding hydrogens is 418 g/mol. The minimum Gasteiger partial charge on any atom is -0.503 e. The van der Waals surface area contributed by atoms with Gasteiger partial charge in [-0.2, -0.15) is 5.10 Å². The highest BCUT2D eigenvalue weighted by molar-refractivity contribution is 5.94. The molecule has 3 aromatic heterocycles. The molecule has 0 radical (unpaired) electrons. The first-order valence-corrected chi connectivity index (χ1v) is 11.1. The lowest BCUT2D eigenvalue weighted by Gasteiger charge is -2.32. The van der Waals surface area contributed by atoms with E-state index in [4.69, 9.17) is 4.98 Å². The maximum atomic E-state index is 12.2. The third-order valence-electron chi connectivity index (χ3n) is 6.54. The largest absolute Gasteiger partial charge is 0.503 e. The van der Waals surface area contributed by atoms with Gasteiger partial charge >= 0.3 is 0 Å². The van der Waals surface area contributed by atoms with Gasteiger partial charge in [0.2, 0.25) is 0 Å². The molecule has 1 fully saturated rings. The van der Waals surface area contributed by atoms with Crippen LogP contribution in [0.1, 0.15) is 36.2 Å². The van der Waals surface area contributed by atoms with E-state index in [0.29, 0.717) is 6.54 Å². The molecule has 8 heteroatoms. The van der Waals surface area contributed by atoms with Crippen molar-refractivity contribution in [3.8, 4) is 16.9 Å². The van der Waals surface area contributed by atoms with Gasteiger partial charge in [0.25, 0.3) is 11.3 Å². The summed E-state index contributed by atoms with van der Waals surface area (Å²) < 4.78 is 3.75. The van der Waals surface area contributed by atoms with E-state index in [1.807, 2.05) is 24.3 Å². The van der Waals surface area contributed by atoms with Crippen LogP contribution in [0.5, 0.6) is 5.75 Å². The van der Waals surface area contributed by atoms with E-state index >= 15 is 0 Å². The van der Waals surface area contributed by atoms with Crippen LogP contribution in [0.2, 0.25) is 0 Å². The number of carbonyl (C=O) groups is 1. The summed E-state index contributed by atoms with van der Waals surface area (Å²) >= 11 is 0. The fourth-order valence-corrected chi connectivity index (χ4v) is 4.95. The Morgan fingerprint density at radius 2 is 1.88 bits per heavy atom. The first-order valence-electron chi connectivity index (χ1n) is 11.1. The highest BCUT2D eigenvalue weighted by atomic mass is 16.3. The van der Waals surface area contributed by atoms with E-state index in [1.165, 1.54) is 17.9 Å². The summed E-state index contributed by atoms with van der Waals surface area (Å²) in [4.78, 5) is 29.1. The van der Waals surface area contributed by atoms with Gasteiger partial charge in [0, 0.05) is 30.4 Å². The molecule has 1 amide bonds. The third-order valence-corrected chi connectivity index (χ3v) is 6.54. The van der Waals surface area contributed by atoms with Crippen LogP contribution in [-0.4, -0.2) is 37.4 Å². The van der Waals surface area contributed by atoms with Crippen molar-refractivity contribution in [2.75, 3.05) is 7.05 Å². The molecule has 1 aliphatic rings. The molecule has 5 rings (SSSR count). The second-order valence-electron chi connectivity index (χ2n) is 8.55. The fraction of sp³-hybridized carbons (Fsp3) is 0.280. The lowest BCUT2D eigenvalue weighted by molar-refractivity contribution is 0.0952. The van der Waals surface area contributed by atoms with Crippen LogP contribution in [0.4, 0.5) is 0 Å². The molecule has 0 bridgehead atoms. The summed E-state index contributed by atoms with van der Waals surface area (Å²) in [7, 11) is 1.43. The number of fused-ring (bicyclic) bond motifs is 1. The van der Waals surface area contributed by atoms with Gasteiger partial charge in [0.1, 0.15) is 5.65 Å². The maximum absolute atomic E-state index is 12.2. The minimum atomic E-state index is -0.773. The number of nitrogens with one attached hydrogen (secondary N) is 1. The summed E-state index contributed by atoms with van der Waals surface area (Å²) in [5.41, 5.74) is 1.66. The van der Waals surface area contributed by atoms with E-state index in [-0.39, 0.29) is 11.2 Å². The van der Waals surface area contributed by atoms with Gasteiger partial charge in [-0.1, -0.05) is 43.2 Å². The molecule has 1 aromatic carbocycles. The van der Waals surface area contributed by atoms with E-state index in [1.54, 1.807) is 6.20 Å². The van der Waals surface area contributed by atoms with Crippen molar-refractivity contribution in [2.24, 2.45) is 0 Å². The summed E-state index contributed by atoms with van der Waals surface area (Å²) in [6.45, 7) is 0.402. The van der Waals surface area contributed by atoms with E-state index in [2.05, 4.69) is 39.4 Å². The Balaban J connectivity index is 1.66. The first-order chi connectivity index (χ1) is 16.0. The Morgan fingerprint density at radius 1 is 1.12 bits per heavy atom. The molecule has 3 heterocycles. The number of carbonyl (C=O) groups excluding carboxylic acids is 1. The number of pyridine rings is 1. The van der Waals surface area contributed by atoms with E-state index in [9.17, 15) is 14.7 Å². The lowest BCUT2D eigenvalue weighted by atomic mass is 9.97. The number of rotatable bonds is 5. The fourth-order valence-electron chi connectivity index (χ4n) is 4.95. The molecule has 8 nitrogen and oxygen atoms in total. The van der Waals surface area contributed by atoms with Crippen molar-refractivity contribution in [3.05, 3.63) is 77.0 Å². The number of amides is 1. The van der Waals surface area contributed by atoms with Gasteiger partial charge in [-0.15, -0.1) is 0 Å². The summed E-state index contributed by atoms with van der Waals surface area (Å²) in [5.74, 6) is -1.11. The zero-order chi connectivity index (χ0) is 23.0. The number of aromatic hydroxyl groups is 1. The molecule has 2 N–H and O–H groups in total. The van der Waals surface area contributed by atoms with Crippen LogP contribution < -0.4 is 10.7 Å². The highest BCUT2D eigenvalue weighted by Crippen LogP contribution is 2.42. The SMILES string of the molecule is CNC(=O)c1nn(CC2(n3cc(-c4ccccc4)c4cccnc43)CCCC2)cc(O)c1=O. The molecule has 168 valence electrons. The van der Waals surface area contributed by atoms with Crippen molar-refractivity contribution in [1.29, 1.82) is 0 Å². The number of benzene rings is 1. The molecule has 0 spiro atoms. The Morgan fingerprint density at radius 3 is 2.61 bits per heavy atom. The Hall–Kier alpha value is -3.94. The van der Waals surface area contributed by atoms with Crippen LogP contribution in [0, 0.1) is 0 Å². The van der Waals surface area contributed by atoms with Gasteiger partial charge in [-0.05, 0) is 30.5 Å². The second-order valence-corrected chi connectivity index (χ2v) is 8.55. The number of nitrogens with zero attached hydrogens (tertiary/aromatic N) is 4. The summed E-state index contributed by atoms with van der Waals surface area (Å²) in [6.07, 6.45) is 9.13. The predicted molar refractivity (Wildman–Crippen MR) is 125 cm³/mol. The van der Waals surface area contributed by atoms with Gasteiger partial charge in [0.15, 0.2) is 11.4 Å². The van der Waals surface area contributed by atoms with Crippen LogP contribution >= 0.6 is 0 Å².